The summed E-state index contributed by atoms with van der Waals surface area (Å²) in [7, 11) is 0. The average molecular weight is 311 g/mol. The summed E-state index contributed by atoms with van der Waals surface area (Å²) < 4.78 is 7.00. The maximum atomic E-state index is 11.9. The van der Waals surface area contributed by atoms with Crippen LogP contribution in [0.1, 0.15) is 19.0 Å². The number of anilines is 1. The number of ether oxygens (including phenoxy) is 1. The predicted molar refractivity (Wildman–Crippen MR) is 74.9 cm³/mol. The Morgan fingerprint density at radius 2 is 2.14 bits per heavy atom. The van der Waals surface area contributed by atoms with Gasteiger partial charge in [0.05, 0.1) is 6.61 Å². The number of nitrogens with zero attached hydrogens (tertiary/aromatic N) is 3. The van der Waals surface area contributed by atoms with Gasteiger partial charge in [-0.15, -0.1) is 0 Å². The molecule has 0 unspecified atom stereocenters. The van der Waals surface area contributed by atoms with Crippen molar-refractivity contribution in [3.63, 3.8) is 0 Å². The molecule has 1 fully saturated rings. The quantitative estimate of drug-likeness (QED) is 0.426. The van der Waals surface area contributed by atoms with Crippen molar-refractivity contribution in [3.8, 4) is 0 Å². The summed E-state index contributed by atoms with van der Waals surface area (Å²) in [6, 6.07) is 0. The molecule has 0 saturated carbocycles. The minimum atomic E-state index is -1.33. The molecule has 2 aromatic rings. The van der Waals surface area contributed by atoms with E-state index in [4.69, 9.17) is 10.5 Å². The molecule has 120 valence electrons. The van der Waals surface area contributed by atoms with Gasteiger partial charge in [-0.25, -0.2) is 4.98 Å². The Morgan fingerprint density at radius 1 is 1.45 bits per heavy atom. The molecule has 6 N–H and O–H groups in total. The van der Waals surface area contributed by atoms with Crippen molar-refractivity contribution in [1.29, 1.82) is 0 Å². The van der Waals surface area contributed by atoms with E-state index in [9.17, 15) is 20.1 Å². The van der Waals surface area contributed by atoms with Crippen molar-refractivity contribution in [2.24, 2.45) is 0 Å². The Labute approximate surface area is 124 Å². The second-order valence-electron chi connectivity index (χ2n) is 5.57. The highest BCUT2D eigenvalue weighted by atomic mass is 16.6. The number of aliphatic hydroxyl groups excluding tert-OH is 3. The highest BCUT2D eigenvalue weighted by molar-refractivity contribution is 5.71. The van der Waals surface area contributed by atoms with Crippen LogP contribution >= 0.6 is 0 Å². The summed E-state index contributed by atoms with van der Waals surface area (Å²) in [5.41, 5.74) is 3.88. The lowest BCUT2D eigenvalue weighted by Gasteiger charge is -2.24. The number of nitrogens with two attached hydrogens (primary N) is 1. The van der Waals surface area contributed by atoms with E-state index in [0.29, 0.717) is 5.82 Å². The zero-order valence-electron chi connectivity index (χ0n) is 12.0. The second-order valence-corrected chi connectivity index (χ2v) is 5.57. The summed E-state index contributed by atoms with van der Waals surface area (Å²) in [4.78, 5) is 22.3. The lowest BCUT2D eigenvalue weighted by atomic mass is 9.99. The highest BCUT2D eigenvalue weighted by Gasteiger charge is 2.52. The molecule has 1 saturated heterocycles. The summed E-state index contributed by atoms with van der Waals surface area (Å²) in [5.74, 6) is 0.258. The van der Waals surface area contributed by atoms with Gasteiger partial charge in [-0.1, -0.05) is 0 Å². The number of hydrogen-bond donors (Lipinski definition) is 5. The third kappa shape index (κ3) is 1.92. The van der Waals surface area contributed by atoms with Gasteiger partial charge in [-0.3, -0.25) is 14.3 Å². The number of H-pyrrole nitrogens is 1. The molecule has 2 aromatic heterocycles. The van der Waals surface area contributed by atoms with Crippen molar-refractivity contribution in [2.45, 2.75) is 37.9 Å². The number of aryl methyl sites for hydroxylation is 1. The molecular formula is C12H17N5O5. The van der Waals surface area contributed by atoms with Gasteiger partial charge in [-0.05, 0) is 13.8 Å². The van der Waals surface area contributed by atoms with E-state index in [1.54, 1.807) is 6.92 Å². The molecule has 3 heterocycles. The average Bonchev–Trinajstić information content (AvgIpc) is 2.89. The number of aromatic nitrogens is 4. The number of hydrogen-bond acceptors (Lipinski definition) is 8. The van der Waals surface area contributed by atoms with Crippen molar-refractivity contribution >= 4 is 17.1 Å². The van der Waals surface area contributed by atoms with E-state index in [0.717, 1.165) is 0 Å². The SMILES string of the molecule is Cc1nc2c(=O)[nH]c(N)nc2n1[C@@H]1O[C@](C)(CO)[C@@H](O)[C@H]1O. The molecule has 0 aromatic carbocycles. The third-order valence-electron chi connectivity index (χ3n) is 3.94. The first-order valence-corrected chi connectivity index (χ1v) is 6.67. The number of aromatic amines is 1. The van der Waals surface area contributed by atoms with E-state index in [-0.39, 0.29) is 17.1 Å². The Balaban J connectivity index is 2.19. The molecule has 3 rings (SSSR count). The first kappa shape index (κ1) is 14.9. The van der Waals surface area contributed by atoms with Crippen LogP contribution in [0.25, 0.3) is 11.2 Å². The van der Waals surface area contributed by atoms with Crippen molar-refractivity contribution in [1.82, 2.24) is 19.5 Å². The van der Waals surface area contributed by atoms with Crippen LogP contribution in [0, 0.1) is 6.92 Å². The molecule has 1 aliphatic heterocycles. The molecule has 0 spiro atoms. The minimum absolute atomic E-state index is 0.0505. The predicted octanol–water partition coefficient (Wildman–Crippen LogP) is -1.99. The first-order chi connectivity index (χ1) is 10.3. The van der Waals surface area contributed by atoms with Gasteiger partial charge in [0.15, 0.2) is 17.4 Å². The van der Waals surface area contributed by atoms with Gasteiger partial charge in [0.25, 0.3) is 5.56 Å². The van der Waals surface area contributed by atoms with E-state index >= 15 is 0 Å². The largest absolute Gasteiger partial charge is 0.393 e. The molecule has 0 amide bonds. The van der Waals surface area contributed by atoms with Gasteiger partial charge < -0.3 is 25.8 Å². The fraction of sp³-hybridized carbons (Fsp3) is 0.583. The van der Waals surface area contributed by atoms with Crippen LogP contribution in [0.3, 0.4) is 0 Å². The Morgan fingerprint density at radius 3 is 2.73 bits per heavy atom. The number of nitrogens with one attached hydrogen (secondary N) is 1. The van der Waals surface area contributed by atoms with Crippen molar-refractivity contribution in [2.75, 3.05) is 12.3 Å². The van der Waals surface area contributed by atoms with Crippen LogP contribution < -0.4 is 11.3 Å². The monoisotopic (exact) mass is 311 g/mol. The van der Waals surface area contributed by atoms with Crippen LogP contribution in [-0.2, 0) is 4.74 Å². The number of fused-ring (bicyclic) bond motifs is 1. The molecule has 0 bridgehead atoms. The maximum Gasteiger partial charge on any atom is 0.280 e. The van der Waals surface area contributed by atoms with Gasteiger partial charge in [0.1, 0.15) is 23.6 Å². The van der Waals surface area contributed by atoms with Crippen LogP contribution in [0.15, 0.2) is 4.79 Å². The molecule has 1 aliphatic rings. The van der Waals surface area contributed by atoms with E-state index < -0.39 is 36.2 Å². The molecule has 4 atom stereocenters. The van der Waals surface area contributed by atoms with Crippen LogP contribution in [0.2, 0.25) is 0 Å². The Hall–Kier alpha value is -2.01. The summed E-state index contributed by atoms with van der Waals surface area (Å²) in [6.07, 6.45) is -3.68. The Kier molecular flexibility index (Phi) is 3.22. The minimum Gasteiger partial charge on any atom is -0.393 e. The van der Waals surface area contributed by atoms with Crippen LogP contribution in [0.4, 0.5) is 5.95 Å². The zero-order chi connectivity index (χ0) is 16.2. The highest BCUT2D eigenvalue weighted by Crippen LogP contribution is 2.38. The fourth-order valence-corrected chi connectivity index (χ4v) is 2.68. The third-order valence-corrected chi connectivity index (χ3v) is 3.94. The standard InChI is InChI=1S/C12H17N5O5/c1-4-14-5-8(15-11(13)16-9(5)21)17(4)10-6(19)7(20)12(2,3-18)22-10/h6-7,10,18-20H,3H2,1-2H3,(H3,13,15,16,21)/t6-,7+,10-,12-/m1/s1. The fourth-order valence-electron chi connectivity index (χ4n) is 2.68. The summed E-state index contributed by atoms with van der Waals surface area (Å²) >= 11 is 0. The smallest absolute Gasteiger partial charge is 0.280 e. The topological polar surface area (TPSA) is 160 Å². The van der Waals surface area contributed by atoms with E-state index in [2.05, 4.69) is 15.0 Å². The summed E-state index contributed by atoms with van der Waals surface area (Å²) in [6.45, 7) is 2.60. The normalized spacial score (nSPS) is 32.0. The van der Waals surface area contributed by atoms with E-state index in [1.165, 1.54) is 11.5 Å². The number of rotatable bonds is 2. The van der Waals surface area contributed by atoms with Crippen molar-refractivity contribution in [3.05, 3.63) is 16.2 Å². The lowest BCUT2D eigenvalue weighted by molar-refractivity contribution is -0.116. The zero-order valence-corrected chi connectivity index (χ0v) is 12.0. The Bertz CT molecular complexity index is 786. The molecule has 22 heavy (non-hydrogen) atoms. The van der Waals surface area contributed by atoms with Gasteiger partial charge in [0, 0.05) is 0 Å². The molecule has 0 aliphatic carbocycles. The van der Waals surface area contributed by atoms with Crippen LogP contribution in [-0.4, -0.2) is 59.3 Å². The van der Waals surface area contributed by atoms with Crippen molar-refractivity contribution < 1.29 is 20.1 Å². The lowest BCUT2D eigenvalue weighted by Crippen LogP contribution is -2.43. The second kappa shape index (κ2) is 4.74. The maximum absolute atomic E-state index is 11.9. The van der Waals surface area contributed by atoms with Crippen LogP contribution in [0.5, 0.6) is 0 Å². The van der Waals surface area contributed by atoms with Gasteiger partial charge >= 0.3 is 0 Å². The first-order valence-electron chi connectivity index (χ1n) is 6.67. The molecular weight excluding hydrogens is 294 g/mol. The number of nitrogen functional groups attached to an aromatic ring is 1. The molecule has 10 nitrogen and oxygen atoms in total. The number of aliphatic hydroxyl groups is 3. The van der Waals surface area contributed by atoms with Gasteiger partial charge in [-0.2, -0.15) is 4.98 Å². The van der Waals surface area contributed by atoms with E-state index in [1.807, 2.05) is 0 Å². The summed E-state index contributed by atoms with van der Waals surface area (Å²) in [5, 5.41) is 29.7. The molecule has 10 heteroatoms. The van der Waals surface area contributed by atoms with Gasteiger partial charge in [0.2, 0.25) is 5.95 Å². The molecule has 0 radical (unpaired) electrons. The number of imidazole rings is 1.